The summed E-state index contributed by atoms with van der Waals surface area (Å²) < 4.78 is 0. The molecule has 3 atom stereocenters. The Morgan fingerprint density at radius 1 is 1.33 bits per heavy atom. The van der Waals surface area contributed by atoms with E-state index in [-0.39, 0.29) is 17.7 Å². The lowest BCUT2D eigenvalue weighted by molar-refractivity contribution is -0.131. The number of hydrogen-bond acceptors (Lipinski definition) is 3. The molecule has 0 aliphatic carbocycles. The monoisotopic (exact) mass is 290 g/mol. The average Bonchev–Trinajstić information content (AvgIpc) is 2.90. The van der Waals surface area contributed by atoms with Gasteiger partial charge >= 0.3 is 6.03 Å². The van der Waals surface area contributed by atoms with Crippen LogP contribution in [0.15, 0.2) is 30.3 Å². The average molecular weight is 290 g/mol. The molecule has 3 amide bonds. The van der Waals surface area contributed by atoms with Crippen molar-refractivity contribution in [1.29, 1.82) is 0 Å². The van der Waals surface area contributed by atoms with Gasteiger partial charge in [-0.1, -0.05) is 30.3 Å². The van der Waals surface area contributed by atoms with Gasteiger partial charge in [-0.3, -0.25) is 4.79 Å². The predicted molar refractivity (Wildman–Crippen MR) is 80.5 cm³/mol. The van der Waals surface area contributed by atoms with E-state index in [9.17, 15) is 9.59 Å². The lowest BCUT2D eigenvalue weighted by Crippen LogP contribution is -2.48. The lowest BCUT2D eigenvalue weighted by Gasteiger charge is -2.21. The van der Waals surface area contributed by atoms with Crippen molar-refractivity contribution in [3.8, 4) is 0 Å². The Bertz CT molecular complexity index is 506. The molecule has 0 bridgehead atoms. The van der Waals surface area contributed by atoms with Crippen LogP contribution in [0.5, 0.6) is 0 Å². The van der Waals surface area contributed by atoms with Crippen molar-refractivity contribution >= 4 is 11.9 Å². The van der Waals surface area contributed by atoms with E-state index >= 15 is 0 Å². The van der Waals surface area contributed by atoms with Gasteiger partial charge in [0.15, 0.2) is 0 Å². The topological polar surface area (TPSA) is 101 Å². The van der Waals surface area contributed by atoms with Crippen LogP contribution in [0.1, 0.15) is 18.4 Å². The van der Waals surface area contributed by atoms with Crippen LogP contribution < -0.4 is 16.8 Å². The second-order valence-electron chi connectivity index (χ2n) is 5.49. The molecule has 6 heteroatoms. The second kappa shape index (κ2) is 6.58. The minimum atomic E-state index is -0.690. The highest BCUT2D eigenvalue weighted by atomic mass is 16.2. The Morgan fingerprint density at radius 3 is 2.57 bits per heavy atom. The molecule has 21 heavy (non-hydrogen) atoms. The van der Waals surface area contributed by atoms with E-state index in [1.54, 1.807) is 11.8 Å². The van der Waals surface area contributed by atoms with E-state index in [4.69, 9.17) is 11.5 Å². The van der Waals surface area contributed by atoms with Gasteiger partial charge in [0.1, 0.15) is 6.04 Å². The molecule has 0 aromatic heterocycles. The Hall–Kier alpha value is -2.08. The number of amides is 3. The predicted octanol–water partition coefficient (Wildman–Crippen LogP) is 0.244. The van der Waals surface area contributed by atoms with Gasteiger partial charge < -0.3 is 21.7 Å². The molecule has 1 fully saturated rings. The van der Waals surface area contributed by atoms with Gasteiger partial charge in [0.25, 0.3) is 0 Å². The van der Waals surface area contributed by atoms with Crippen LogP contribution in [0, 0.1) is 5.92 Å². The number of primary amides is 1. The van der Waals surface area contributed by atoms with E-state index in [0.717, 1.165) is 0 Å². The van der Waals surface area contributed by atoms with Crippen molar-refractivity contribution in [2.75, 3.05) is 19.6 Å². The fourth-order valence-corrected chi connectivity index (χ4v) is 2.92. The number of likely N-dealkylation sites (tertiary alicyclic amines) is 1. The number of nitrogens with one attached hydrogen (secondary N) is 1. The van der Waals surface area contributed by atoms with Crippen molar-refractivity contribution in [2.24, 2.45) is 17.4 Å². The third kappa shape index (κ3) is 3.52. The molecule has 0 saturated carbocycles. The number of carbonyl (C=O) groups is 2. The molecule has 1 aliphatic heterocycles. The first-order valence-corrected chi connectivity index (χ1v) is 7.12. The molecule has 1 aromatic rings. The molecule has 1 aliphatic rings. The zero-order valence-electron chi connectivity index (χ0n) is 12.2. The summed E-state index contributed by atoms with van der Waals surface area (Å²) >= 11 is 0. The van der Waals surface area contributed by atoms with Gasteiger partial charge in [0.05, 0.1) is 0 Å². The Morgan fingerprint density at radius 2 is 2.00 bits per heavy atom. The van der Waals surface area contributed by atoms with Gasteiger partial charge in [-0.25, -0.2) is 4.79 Å². The van der Waals surface area contributed by atoms with Crippen molar-refractivity contribution < 1.29 is 9.59 Å². The lowest BCUT2D eigenvalue weighted by atomic mass is 9.89. The van der Waals surface area contributed by atoms with E-state index in [1.807, 2.05) is 18.2 Å². The van der Waals surface area contributed by atoms with E-state index in [0.29, 0.717) is 19.6 Å². The van der Waals surface area contributed by atoms with Crippen LogP contribution in [-0.2, 0) is 4.79 Å². The molecule has 1 aromatic carbocycles. The van der Waals surface area contributed by atoms with Crippen molar-refractivity contribution in [2.45, 2.75) is 18.9 Å². The SMILES string of the molecule is CC(NC(N)=O)C(=O)N1C[C@@H](CN)[C@H](c2ccccc2)C1. The number of rotatable bonds is 4. The van der Waals surface area contributed by atoms with Crippen LogP contribution in [0.2, 0.25) is 0 Å². The Balaban J connectivity index is 2.08. The molecule has 0 spiro atoms. The van der Waals surface area contributed by atoms with E-state index < -0.39 is 12.1 Å². The third-order valence-corrected chi connectivity index (χ3v) is 4.01. The van der Waals surface area contributed by atoms with Crippen molar-refractivity contribution in [3.63, 3.8) is 0 Å². The second-order valence-corrected chi connectivity index (χ2v) is 5.49. The molecule has 1 saturated heterocycles. The molecule has 5 N–H and O–H groups in total. The number of nitrogens with two attached hydrogens (primary N) is 2. The van der Waals surface area contributed by atoms with Crippen LogP contribution in [-0.4, -0.2) is 42.5 Å². The van der Waals surface area contributed by atoms with Crippen LogP contribution in [0.25, 0.3) is 0 Å². The molecule has 6 nitrogen and oxygen atoms in total. The van der Waals surface area contributed by atoms with E-state index in [2.05, 4.69) is 17.4 Å². The highest BCUT2D eigenvalue weighted by Crippen LogP contribution is 2.32. The smallest absolute Gasteiger partial charge is 0.312 e. The number of carbonyl (C=O) groups excluding carboxylic acids is 2. The minimum absolute atomic E-state index is 0.120. The summed E-state index contributed by atoms with van der Waals surface area (Å²) in [4.78, 5) is 24.9. The number of urea groups is 1. The van der Waals surface area contributed by atoms with Crippen LogP contribution >= 0.6 is 0 Å². The first-order chi connectivity index (χ1) is 10.0. The van der Waals surface area contributed by atoms with Gasteiger partial charge in [-0.15, -0.1) is 0 Å². The molecule has 1 unspecified atom stereocenters. The Labute approximate surface area is 124 Å². The van der Waals surface area contributed by atoms with Crippen molar-refractivity contribution in [3.05, 3.63) is 35.9 Å². The molecule has 1 heterocycles. The van der Waals surface area contributed by atoms with Gasteiger partial charge in [-0.05, 0) is 24.9 Å². The van der Waals surface area contributed by atoms with Crippen LogP contribution in [0.4, 0.5) is 4.79 Å². The summed E-state index contributed by atoms with van der Waals surface area (Å²) in [6.45, 7) is 3.40. The molecular formula is C15H22N4O2. The van der Waals surface area contributed by atoms with E-state index in [1.165, 1.54) is 5.56 Å². The summed E-state index contributed by atoms with van der Waals surface area (Å²) in [6, 6.07) is 8.77. The summed E-state index contributed by atoms with van der Waals surface area (Å²) in [6.07, 6.45) is 0. The summed E-state index contributed by atoms with van der Waals surface area (Å²) in [7, 11) is 0. The first kappa shape index (κ1) is 15.3. The largest absolute Gasteiger partial charge is 0.352 e. The maximum Gasteiger partial charge on any atom is 0.312 e. The van der Waals surface area contributed by atoms with Gasteiger partial charge in [0.2, 0.25) is 5.91 Å². The maximum absolute atomic E-state index is 12.3. The first-order valence-electron chi connectivity index (χ1n) is 7.12. The standard InChI is InChI=1S/C15H22N4O2/c1-10(18-15(17)21)14(20)19-8-12(7-16)13(9-19)11-5-3-2-4-6-11/h2-6,10,12-13H,7-9,16H2,1H3,(H3,17,18,21)/t10?,12-,13+/m1/s1. The number of hydrogen-bond donors (Lipinski definition) is 3. The number of benzene rings is 1. The fraction of sp³-hybridized carbons (Fsp3) is 0.467. The zero-order valence-corrected chi connectivity index (χ0v) is 12.2. The maximum atomic E-state index is 12.3. The zero-order chi connectivity index (χ0) is 15.4. The Kier molecular flexibility index (Phi) is 4.80. The minimum Gasteiger partial charge on any atom is -0.352 e. The molecule has 0 radical (unpaired) electrons. The summed E-state index contributed by atoms with van der Waals surface area (Å²) in [5.41, 5.74) is 12.1. The molecule has 2 rings (SSSR count). The van der Waals surface area contributed by atoms with Crippen LogP contribution in [0.3, 0.4) is 0 Å². The summed E-state index contributed by atoms with van der Waals surface area (Å²) in [5, 5.41) is 2.42. The normalized spacial score (nSPS) is 22.9. The fourth-order valence-electron chi connectivity index (χ4n) is 2.92. The third-order valence-electron chi connectivity index (χ3n) is 4.01. The quantitative estimate of drug-likeness (QED) is 0.740. The van der Waals surface area contributed by atoms with Crippen molar-refractivity contribution in [1.82, 2.24) is 10.2 Å². The summed E-state index contributed by atoms with van der Waals surface area (Å²) in [5.74, 6) is 0.351. The van der Waals surface area contributed by atoms with Gasteiger partial charge in [0, 0.05) is 19.0 Å². The molecule has 114 valence electrons. The number of nitrogens with zero attached hydrogens (tertiary/aromatic N) is 1. The molecular weight excluding hydrogens is 268 g/mol. The highest BCUT2D eigenvalue weighted by molar-refractivity contribution is 5.86. The highest BCUT2D eigenvalue weighted by Gasteiger charge is 2.36. The van der Waals surface area contributed by atoms with Gasteiger partial charge in [-0.2, -0.15) is 0 Å².